The molecule has 5 rings (SSSR count). The molecular weight excluding hydrogens is 505 g/mol. The molecule has 38 heavy (non-hydrogen) atoms. The molecule has 1 heterocycles. The number of carboxylic acids is 1. The molecule has 1 unspecified atom stereocenters. The highest BCUT2D eigenvalue weighted by atomic mass is 35.5. The smallest absolute Gasteiger partial charge is 0.341 e. The fourth-order valence-corrected chi connectivity index (χ4v) is 5.07. The lowest BCUT2D eigenvalue weighted by Gasteiger charge is -2.36. The topological polar surface area (TPSA) is 59.0 Å². The van der Waals surface area contributed by atoms with Crippen LogP contribution in [0, 0.1) is 5.82 Å². The predicted octanol–water partition coefficient (Wildman–Crippen LogP) is 7.74. The predicted molar refractivity (Wildman–Crippen MR) is 151 cm³/mol. The van der Waals surface area contributed by atoms with Crippen LogP contribution in [0.3, 0.4) is 0 Å². The molecule has 0 spiro atoms. The van der Waals surface area contributed by atoms with Crippen LogP contribution < -0.4 is 14.4 Å². The van der Waals surface area contributed by atoms with Crippen molar-refractivity contribution in [3.63, 3.8) is 0 Å². The lowest BCUT2D eigenvalue weighted by atomic mass is 9.90. The van der Waals surface area contributed by atoms with Crippen LogP contribution in [0.15, 0.2) is 84.9 Å². The number of hydrogen-bond donors (Lipinski definition) is 1. The summed E-state index contributed by atoms with van der Waals surface area (Å²) >= 11 is 0. The molecule has 4 aromatic rings. The van der Waals surface area contributed by atoms with E-state index in [0.29, 0.717) is 24.0 Å². The highest BCUT2D eigenvalue weighted by Gasteiger charge is 2.27. The van der Waals surface area contributed by atoms with Crippen LogP contribution in [-0.2, 0) is 4.79 Å². The summed E-state index contributed by atoms with van der Waals surface area (Å²) in [5, 5.41) is 11.4. The van der Waals surface area contributed by atoms with E-state index in [0.717, 1.165) is 30.6 Å². The summed E-state index contributed by atoms with van der Waals surface area (Å²) < 4.78 is 25.6. The second kappa shape index (κ2) is 12.2. The Kier molecular flexibility index (Phi) is 8.74. The number of benzene rings is 4. The normalized spacial score (nSPS) is 15.2. The van der Waals surface area contributed by atoms with Crippen LogP contribution in [-0.4, -0.2) is 30.3 Å². The van der Waals surface area contributed by atoms with Gasteiger partial charge in [0.1, 0.15) is 23.4 Å². The maximum atomic E-state index is 14.1. The van der Waals surface area contributed by atoms with E-state index in [2.05, 4.69) is 54.3 Å². The molecule has 4 aromatic carbocycles. The van der Waals surface area contributed by atoms with E-state index in [1.54, 1.807) is 18.2 Å². The maximum Gasteiger partial charge on any atom is 0.341 e. The Balaban J connectivity index is 0.00000336. The van der Waals surface area contributed by atoms with Gasteiger partial charge >= 0.3 is 5.97 Å². The number of anilines is 2. The lowest BCUT2D eigenvalue weighted by Crippen LogP contribution is -2.37. The number of hydrogen-bond acceptors (Lipinski definition) is 4. The van der Waals surface area contributed by atoms with E-state index >= 15 is 0 Å². The van der Waals surface area contributed by atoms with Crippen molar-refractivity contribution in [1.82, 2.24) is 0 Å². The summed E-state index contributed by atoms with van der Waals surface area (Å²) in [5.41, 5.74) is 3.08. The average Bonchev–Trinajstić information content (AvgIpc) is 2.91. The molecule has 0 saturated carbocycles. The maximum absolute atomic E-state index is 14.1. The van der Waals surface area contributed by atoms with Gasteiger partial charge in [-0.05, 0) is 77.9 Å². The second-order valence-electron chi connectivity index (χ2n) is 9.54. The van der Waals surface area contributed by atoms with Crippen molar-refractivity contribution >= 4 is 40.5 Å². The van der Waals surface area contributed by atoms with Gasteiger partial charge < -0.3 is 19.5 Å². The fraction of sp³-hybridized carbons (Fsp3) is 0.258. The lowest BCUT2D eigenvalue weighted by molar-refractivity contribution is -0.139. The Morgan fingerprint density at radius 1 is 1.08 bits per heavy atom. The van der Waals surface area contributed by atoms with Gasteiger partial charge in [0.2, 0.25) is 0 Å². The van der Waals surface area contributed by atoms with Gasteiger partial charge in [0.05, 0.1) is 12.2 Å². The molecule has 0 fully saturated rings. The molecule has 0 amide bonds. The van der Waals surface area contributed by atoms with E-state index in [-0.39, 0.29) is 24.3 Å². The largest absolute Gasteiger partial charge is 0.486 e. The van der Waals surface area contributed by atoms with Crippen molar-refractivity contribution in [2.45, 2.75) is 38.2 Å². The second-order valence-corrected chi connectivity index (χ2v) is 9.54. The van der Waals surface area contributed by atoms with Crippen LogP contribution in [0.25, 0.3) is 10.8 Å². The van der Waals surface area contributed by atoms with E-state index < -0.39 is 12.6 Å². The SMILES string of the molecule is C[C@@H](CCCC1CN(c2ccc(OCC(=O)O)cc2)c2ccc(F)cc2O1)c1cccc2ccccc12.Cl. The van der Waals surface area contributed by atoms with E-state index in [4.69, 9.17) is 14.6 Å². The van der Waals surface area contributed by atoms with Crippen molar-refractivity contribution in [2.24, 2.45) is 0 Å². The highest BCUT2D eigenvalue weighted by Crippen LogP contribution is 2.40. The van der Waals surface area contributed by atoms with Gasteiger partial charge in [-0.15, -0.1) is 12.4 Å². The molecule has 198 valence electrons. The Labute approximate surface area is 228 Å². The highest BCUT2D eigenvalue weighted by molar-refractivity contribution is 5.86. The van der Waals surface area contributed by atoms with Gasteiger partial charge in [-0.3, -0.25) is 0 Å². The molecule has 5 nitrogen and oxygen atoms in total. The first kappa shape index (κ1) is 27.3. The van der Waals surface area contributed by atoms with Crippen LogP contribution in [0.1, 0.15) is 37.7 Å². The summed E-state index contributed by atoms with van der Waals surface area (Å²) in [5.74, 6) is 0.0725. The van der Waals surface area contributed by atoms with Crippen molar-refractivity contribution in [1.29, 1.82) is 0 Å². The van der Waals surface area contributed by atoms with Crippen LogP contribution in [0.4, 0.5) is 15.8 Å². The number of fused-ring (bicyclic) bond motifs is 2. The van der Waals surface area contributed by atoms with Gasteiger partial charge in [0.25, 0.3) is 0 Å². The minimum Gasteiger partial charge on any atom is -0.486 e. The van der Waals surface area contributed by atoms with Crippen molar-refractivity contribution in [3.8, 4) is 11.5 Å². The molecule has 0 radical (unpaired) electrons. The summed E-state index contributed by atoms with van der Waals surface area (Å²) in [6.45, 7) is 2.52. The van der Waals surface area contributed by atoms with Gasteiger partial charge in [0.15, 0.2) is 6.61 Å². The quantitative estimate of drug-likeness (QED) is 0.237. The summed E-state index contributed by atoms with van der Waals surface area (Å²) in [6.07, 6.45) is 2.77. The Hall–Kier alpha value is -3.77. The molecule has 1 aliphatic rings. The number of halogens is 2. The molecular formula is C31H31ClFNO4. The van der Waals surface area contributed by atoms with E-state index in [1.165, 1.54) is 28.5 Å². The zero-order chi connectivity index (χ0) is 25.8. The first-order chi connectivity index (χ1) is 18.0. The third-order valence-electron chi connectivity index (χ3n) is 6.92. The first-order valence-corrected chi connectivity index (χ1v) is 12.6. The molecule has 1 N–H and O–H groups in total. The number of carbonyl (C=O) groups is 1. The van der Waals surface area contributed by atoms with Gasteiger partial charge in [-0.2, -0.15) is 0 Å². The van der Waals surface area contributed by atoms with Crippen molar-refractivity contribution in [2.75, 3.05) is 18.1 Å². The van der Waals surface area contributed by atoms with Crippen molar-refractivity contribution < 1.29 is 23.8 Å². The standard InChI is InChI=1S/C31H30FNO4.ClH/c1-21(27-11-5-8-22-7-2-3-10-28(22)27)6-4-9-26-19-33(29-17-12-23(32)18-30(29)37-26)24-13-15-25(16-14-24)36-20-31(34)35;/h2-3,5,7-8,10-18,21,26H,4,6,9,19-20H2,1H3,(H,34,35);1H/t21-,26?;/m0./s1. The Morgan fingerprint density at radius 3 is 2.63 bits per heavy atom. The van der Waals surface area contributed by atoms with Crippen LogP contribution in [0.5, 0.6) is 11.5 Å². The monoisotopic (exact) mass is 535 g/mol. The summed E-state index contributed by atoms with van der Waals surface area (Å²) in [7, 11) is 0. The minimum atomic E-state index is -1.02. The number of carboxylic acid groups (broad SMARTS) is 1. The Morgan fingerprint density at radius 2 is 1.84 bits per heavy atom. The Bertz CT molecular complexity index is 1390. The van der Waals surface area contributed by atoms with Gasteiger partial charge in [-0.25, -0.2) is 9.18 Å². The summed E-state index contributed by atoms with van der Waals surface area (Å²) in [4.78, 5) is 12.9. The molecule has 0 bridgehead atoms. The zero-order valence-electron chi connectivity index (χ0n) is 21.2. The number of aliphatic carboxylic acids is 1. The number of nitrogens with zero attached hydrogens (tertiary/aromatic N) is 1. The van der Waals surface area contributed by atoms with Crippen LogP contribution >= 0.6 is 12.4 Å². The third kappa shape index (κ3) is 6.20. The molecule has 0 aliphatic carbocycles. The molecule has 2 atom stereocenters. The third-order valence-corrected chi connectivity index (χ3v) is 6.92. The molecule has 0 aromatic heterocycles. The van der Waals surface area contributed by atoms with Gasteiger partial charge in [0, 0.05) is 11.8 Å². The first-order valence-electron chi connectivity index (χ1n) is 12.6. The zero-order valence-corrected chi connectivity index (χ0v) is 22.0. The molecule has 0 saturated heterocycles. The molecule has 1 aliphatic heterocycles. The van der Waals surface area contributed by atoms with Crippen molar-refractivity contribution in [3.05, 3.63) is 96.3 Å². The van der Waals surface area contributed by atoms with Crippen LogP contribution in [0.2, 0.25) is 0 Å². The fourth-order valence-electron chi connectivity index (χ4n) is 5.07. The van der Waals surface area contributed by atoms with E-state index in [9.17, 15) is 9.18 Å². The number of ether oxygens (including phenoxy) is 2. The average molecular weight is 536 g/mol. The summed E-state index contributed by atoms with van der Waals surface area (Å²) in [6, 6.07) is 26.9. The molecule has 7 heteroatoms. The number of rotatable bonds is 9. The van der Waals surface area contributed by atoms with Gasteiger partial charge in [-0.1, -0.05) is 49.4 Å². The van der Waals surface area contributed by atoms with E-state index in [1.807, 2.05) is 12.1 Å². The minimum absolute atomic E-state index is 0.